The lowest BCUT2D eigenvalue weighted by Gasteiger charge is -2.21. The molecule has 0 aliphatic heterocycles. The number of aromatic nitrogens is 1. The number of halogens is 1. The van der Waals surface area contributed by atoms with E-state index >= 15 is 0 Å². The van der Waals surface area contributed by atoms with Crippen molar-refractivity contribution in [2.24, 2.45) is 4.99 Å². The predicted octanol–water partition coefficient (Wildman–Crippen LogP) is 4.44. The molecule has 25 heavy (non-hydrogen) atoms. The van der Waals surface area contributed by atoms with E-state index in [2.05, 4.69) is 46.6 Å². The van der Waals surface area contributed by atoms with Crippen LogP contribution in [0.1, 0.15) is 40.4 Å². The van der Waals surface area contributed by atoms with Crippen LogP contribution in [0.4, 0.5) is 0 Å². The molecule has 2 aromatic heterocycles. The zero-order valence-corrected chi connectivity index (χ0v) is 19.4. The summed E-state index contributed by atoms with van der Waals surface area (Å²) in [6, 6.07) is 4.28. The quantitative estimate of drug-likeness (QED) is 0.352. The van der Waals surface area contributed by atoms with Crippen molar-refractivity contribution in [1.29, 1.82) is 0 Å². The van der Waals surface area contributed by atoms with Gasteiger partial charge in [0.1, 0.15) is 11.1 Å². The van der Waals surface area contributed by atoms with E-state index in [1.165, 1.54) is 9.75 Å². The van der Waals surface area contributed by atoms with Gasteiger partial charge in [0.2, 0.25) is 0 Å². The first-order valence-corrected chi connectivity index (χ1v) is 9.75. The molecule has 0 aliphatic rings. The summed E-state index contributed by atoms with van der Waals surface area (Å²) in [5.74, 6) is 0.901. The maximum Gasteiger partial charge on any atom is 0.194 e. The molecule has 5 nitrogen and oxygen atoms in total. The van der Waals surface area contributed by atoms with Crippen LogP contribution in [0.15, 0.2) is 22.5 Å². The van der Waals surface area contributed by atoms with E-state index in [4.69, 9.17) is 9.73 Å². The zero-order chi connectivity index (χ0) is 17.5. The Hall–Kier alpha value is -0.710. The Morgan fingerprint density at radius 1 is 1.44 bits per heavy atom. The van der Waals surface area contributed by atoms with Crippen molar-refractivity contribution in [2.75, 3.05) is 20.7 Å². The molecule has 2 rings (SSSR count). The van der Waals surface area contributed by atoms with Crippen molar-refractivity contribution in [3.8, 4) is 0 Å². The minimum Gasteiger partial charge on any atom is -0.375 e. The number of rotatable bonds is 7. The summed E-state index contributed by atoms with van der Waals surface area (Å²) in [7, 11) is 3.75. The van der Waals surface area contributed by atoms with Crippen molar-refractivity contribution < 1.29 is 4.74 Å². The normalized spacial score (nSPS) is 12.6. The summed E-state index contributed by atoms with van der Waals surface area (Å²) in [5.41, 5.74) is 1.04. The summed E-state index contributed by atoms with van der Waals surface area (Å²) in [5, 5.41) is 6.45. The van der Waals surface area contributed by atoms with Gasteiger partial charge in [0, 0.05) is 35.8 Å². The first kappa shape index (κ1) is 22.3. The second-order valence-corrected chi connectivity index (χ2v) is 7.86. The van der Waals surface area contributed by atoms with Gasteiger partial charge in [0.15, 0.2) is 5.96 Å². The lowest BCUT2D eigenvalue weighted by molar-refractivity contribution is 0.119. The van der Waals surface area contributed by atoms with Gasteiger partial charge in [-0.2, -0.15) is 0 Å². The number of hydrogen-bond acceptors (Lipinski definition) is 5. The lowest BCUT2D eigenvalue weighted by Crippen LogP contribution is -2.38. The van der Waals surface area contributed by atoms with Gasteiger partial charge in [-0.25, -0.2) is 9.98 Å². The molecule has 0 bridgehead atoms. The van der Waals surface area contributed by atoms with Gasteiger partial charge in [-0.05, 0) is 32.9 Å². The molecular formula is C17H27IN4OS2. The van der Waals surface area contributed by atoms with Gasteiger partial charge < -0.3 is 15.0 Å². The number of aryl methyl sites for hydroxylation is 1. The van der Waals surface area contributed by atoms with Crippen molar-refractivity contribution in [1.82, 2.24) is 15.2 Å². The van der Waals surface area contributed by atoms with Crippen LogP contribution in [0.25, 0.3) is 0 Å². The van der Waals surface area contributed by atoms with Crippen LogP contribution in [0.5, 0.6) is 0 Å². The largest absolute Gasteiger partial charge is 0.375 e. The summed E-state index contributed by atoms with van der Waals surface area (Å²) in [4.78, 5) is 14.1. The van der Waals surface area contributed by atoms with Gasteiger partial charge in [0.05, 0.1) is 18.8 Å². The number of ether oxygens (including phenoxy) is 1. The number of thiazole rings is 1. The number of methoxy groups -OCH3 is 1. The molecule has 1 N–H and O–H groups in total. The minimum atomic E-state index is 0. The first-order valence-electron chi connectivity index (χ1n) is 8.05. The van der Waals surface area contributed by atoms with E-state index in [1.807, 2.05) is 14.0 Å². The number of aliphatic imine (C=N–C) groups is 1. The van der Waals surface area contributed by atoms with E-state index in [-0.39, 0.29) is 30.1 Å². The van der Waals surface area contributed by atoms with Crippen LogP contribution in [0, 0.1) is 6.92 Å². The predicted molar refractivity (Wildman–Crippen MR) is 118 cm³/mol. The minimum absolute atomic E-state index is 0. The molecule has 2 aromatic rings. The Bertz CT molecular complexity index is 671. The Morgan fingerprint density at radius 3 is 2.80 bits per heavy atom. The second kappa shape index (κ2) is 11.1. The molecule has 1 atom stereocenters. The summed E-state index contributed by atoms with van der Waals surface area (Å²) in [6.07, 6.45) is 0.0398. The molecule has 0 aromatic carbocycles. The molecule has 0 fully saturated rings. The molecule has 0 radical (unpaired) electrons. The molecule has 0 saturated heterocycles. The lowest BCUT2D eigenvalue weighted by atomic mass is 10.4. The van der Waals surface area contributed by atoms with Gasteiger partial charge in [-0.3, -0.25) is 0 Å². The molecule has 0 spiro atoms. The maximum absolute atomic E-state index is 5.33. The topological polar surface area (TPSA) is 49.8 Å². The van der Waals surface area contributed by atoms with Gasteiger partial charge in [-0.15, -0.1) is 46.7 Å². The van der Waals surface area contributed by atoms with E-state index in [1.54, 1.807) is 29.8 Å². The number of thiophene rings is 1. The third-order valence-electron chi connectivity index (χ3n) is 3.55. The Balaban J connectivity index is 0.00000312. The fourth-order valence-electron chi connectivity index (χ4n) is 2.19. The Morgan fingerprint density at radius 2 is 2.20 bits per heavy atom. The molecule has 0 amide bonds. The smallest absolute Gasteiger partial charge is 0.194 e. The van der Waals surface area contributed by atoms with Crippen LogP contribution < -0.4 is 5.32 Å². The first-order chi connectivity index (χ1) is 11.5. The van der Waals surface area contributed by atoms with E-state index in [0.29, 0.717) is 6.54 Å². The SMILES string of the molecule is CCNC(=NCc1ccc(C)s1)N(C)Cc1csc(C(C)OC)n1.I. The number of nitrogens with zero attached hydrogens (tertiary/aromatic N) is 3. The van der Waals surface area contributed by atoms with Gasteiger partial charge in [-0.1, -0.05) is 0 Å². The molecule has 0 aliphatic carbocycles. The van der Waals surface area contributed by atoms with E-state index in [0.717, 1.165) is 29.8 Å². The van der Waals surface area contributed by atoms with Gasteiger partial charge in [0.25, 0.3) is 0 Å². The second-order valence-electron chi connectivity index (χ2n) is 5.59. The van der Waals surface area contributed by atoms with Crippen LogP contribution >= 0.6 is 46.7 Å². The Kier molecular flexibility index (Phi) is 9.91. The highest BCUT2D eigenvalue weighted by atomic mass is 127. The van der Waals surface area contributed by atoms with Crippen molar-refractivity contribution in [3.05, 3.63) is 38.0 Å². The third kappa shape index (κ3) is 6.84. The highest BCUT2D eigenvalue weighted by Crippen LogP contribution is 2.21. The fraction of sp³-hybridized carbons (Fsp3) is 0.529. The van der Waals surface area contributed by atoms with Crippen LogP contribution in [-0.2, 0) is 17.8 Å². The molecule has 1 unspecified atom stereocenters. The highest BCUT2D eigenvalue weighted by Gasteiger charge is 2.12. The van der Waals surface area contributed by atoms with E-state index in [9.17, 15) is 0 Å². The molecular weight excluding hydrogens is 467 g/mol. The van der Waals surface area contributed by atoms with Crippen LogP contribution in [-0.4, -0.2) is 36.5 Å². The number of hydrogen-bond donors (Lipinski definition) is 1. The zero-order valence-electron chi connectivity index (χ0n) is 15.4. The van der Waals surface area contributed by atoms with Crippen LogP contribution in [0.2, 0.25) is 0 Å². The van der Waals surface area contributed by atoms with Gasteiger partial charge >= 0.3 is 0 Å². The average molecular weight is 494 g/mol. The molecule has 2 heterocycles. The average Bonchev–Trinajstić information content (AvgIpc) is 3.19. The molecule has 8 heteroatoms. The summed E-state index contributed by atoms with van der Waals surface area (Å²) >= 11 is 3.44. The fourth-order valence-corrected chi connectivity index (χ4v) is 3.85. The summed E-state index contributed by atoms with van der Waals surface area (Å²) in [6.45, 7) is 8.49. The Labute approximate surface area is 175 Å². The molecule has 140 valence electrons. The van der Waals surface area contributed by atoms with Crippen molar-refractivity contribution in [2.45, 2.75) is 40.0 Å². The number of nitrogens with one attached hydrogen (secondary N) is 1. The number of guanidine groups is 1. The van der Waals surface area contributed by atoms with Crippen LogP contribution in [0.3, 0.4) is 0 Å². The molecule has 0 saturated carbocycles. The van der Waals surface area contributed by atoms with Crippen molar-refractivity contribution >= 4 is 52.6 Å². The maximum atomic E-state index is 5.33. The van der Waals surface area contributed by atoms with Crippen molar-refractivity contribution in [3.63, 3.8) is 0 Å². The summed E-state index contributed by atoms with van der Waals surface area (Å²) < 4.78 is 5.33. The monoisotopic (exact) mass is 494 g/mol. The van der Waals surface area contributed by atoms with E-state index < -0.39 is 0 Å². The standard InChI is InChI=1S/C17H26N4OS2.HI/c1-6-18-17(19-9-15-8-7-12(2)24-15)21(4)10-14-11-23-16(20-14)13(3)22-5;/h7-8,11,13H,6,9-10H2,1-5H3,(H,18,19);1H. The third-order valence-corrected chi connectivity index (χ3v) is 5.59. The highest BCUT2D eigenvalue weighted by molar-refractivity contribution is 14.0.